The number of hydrogen-bond donors (Lipinski definition) is 1. The van der Waals surface area contributed by atoms with E-state index in [2.05, 4.69) is 10.2 Å². The van der Waals surface area contributed by atoms with Gasteiger partial charge in [0.15, 0.2) is 5.76 Å². The number of amides is 1. The summed E-state index contributed by atoms with van der Waals surface area (Å²) >= 11 is 0. The van der Waals surface area contributed by atoms with E-state index in [0.717, 1.165) is 43.3 Å². The number of fused-ring (bicyclic) bond motifs is 3. The summed E-state index contributed by atoms with van der Waals surface area (Å²) in [5.41, 5.74) is 0.788. The van der Waals surface area contributed by atoms with Crippen LogP contribution in [0.1, 0.15) is 29.8 Å². The van der Waals surface area contributed by atoms with E-state index >= 15 is 0 Å². The summed E-state index contributed by atoms with van der Waals surface area (Å²) < 4.78 is 5.74. The molecule has 0 radical (unpaired) electrons. The first kappa shape index (κ1) is 14.4. The number of benzene rings is 1. The van der Waals surface area contributed by atoms with Gasteiger partial charge in [0.1, 0.15) is 5.58 Å². The fourth-order valence-electron chi connectivity index (χ4n) is 3.53. The van der Waals surface area contributed by atoms with Crippen LogP contribution in [0.5, 0.6) is 0 Å². The lowest BCUT2D eigenvalue weighted by molar-refractivity contribution is 0.0650. The molecule has 3 heterocycles. The minimum atomic E-state index is 0. The van der Waals surface area contributed by atoms with Crippen molar-refractivity contribution in [3.63, 3.8) is 0 Å². The van der Waals surface area contributed by atoms with E-state index in [1.807, 2.05) is 30.3 Å². The van der Waals surface area contributed by atoms with Crippen LogP contribution >= 0.6 is 12.4 Å². The van der Waals surface area contributed by atoms with Crippen LogP contribution in [0.25, 0.3) is 11.0 Å². The van der Waals surface area contributed by atoms with Crippen molar-refractivity contribution in [1.82, 2.24) is 10.2 Å². The molecule has 0 saturated carbocycles. The lowest BCUT2D eigenvalue weighted by Gasteiger charge is -2.26. The lowest BCUT2D eigenvalue weighted by Crippen LogP contribution is -2.42. The normalized spacial score (nSPS) is 24.7. The third kappa shape index (κ3) is 2.43. The number of carbonyl (C=O) groups excluding carboxylic acids is 1. The van der Waals surface area contributed by atoms with Crippen molar-refractivity contribution in [3.8, 4) is 0 Å². The van der Waals surface area contributed by atoms with Crippen LogP contribution < -0.4 is 5.32 Å². The molecule has 5 heteroatoms. The number of nitrogens with zero attached hydrogens (tertiary/aromatic N) is 1. The fourth-order valence-corrected chi connectivity index (χ4v) is 3.53. The van der Waals surface area contributed by atoms with E-state index in [4.69, 9.17) is 4.42 Å². The molecule has 2 bridgehead atoms. The van der Waals surface area contributed by atoms with Crippen molar-refractivity contribution in [2.24, 2.45) is 0 Å². The van der Waals surface area contributed by atoms with Crippen LogP contribution in [0.15, 0.2) is 34.7 Å². The second kappa shape index (κ2) is 5.70. The van der Waals surface area contributed by atoms with Crippen LogP contribution in [0.4, 0.5) is 0 Å². The highest BCUT2D eigenvalue weighted by Crippen LogP contribution is 2.30. The number of hydrogen-bond acceptors (Lipinski definition) is 3. The van der Waals surface area contributed by atoms with Gasteiger partial charge in [-0.25, -0.2) is 0 Å². The van der Waals surface area contributed by atoms with Gasteiger partial charge >= 0.3 is 0 Å². The SMILES string of the molecule is Cl.O=C(c1cc2ccccc2o1)N1C2CCNCC1CC2. The molecule has 2 aliphatic heterocycles. The molecule has 0 spiro atoms. The molecule has 4 rings (SSSR count). The first-order chi connectivity index (χ1) is 9.83. The molecule has 2 saturated heterocycles. The molecule has 0 aliphatic carbocycles. The smallest absolute Gasteiger partial charge is 0.290 e. The summed E-state index contributed by atoms with van der Waals surface area (Å²) in [5.74, 6) is 0.530. The fraction of sp³-hybridized carbons (Fsp3) is 0.438. The summed E-state index contributed by atoms with van der Waals surface area (Å²) in [5, 5.41) is 4.41. The van der Waals surface area contributed by atoms with Crippen LogP contribution in [-0.2, 0) is 0 Å². The molecule has 2 unspecified atom stereocenters. The summed E-state index contributed by atoms with van der Waals surface area (Å²) in [6, 6.07) is 10.3. The molecule has 2 aromatic rings. The lowest BCUT2D eigenvalue weighted by atomic mass is 10.1. The zero-order valence-electron chi connectivity index (χ0n) is 11.7. The monoisotopic (exact) mass is 306 g/mol. The standard InChI is InChI=1S/C16H18N2O2.ClH/c19-16(15-9-11-3-1-2-4-14(11)20-15)18-12-5-6-13(18)10-17-8-7-12;/h1-4,9,12-13,17H,5-8,10H2;1H. The molecule has 2 fully saturated rings. The molecule has 1 aromatic heterocycles. The predicted octanol–water partition coefficient (Wildman–Crippen LogP) is 2.82. The van der Waals surface area contributed by atoms with Gasteiger partial charge in [-0.3, -0.25) is 4.79 Å². The van der Waals surface area contributed by atoms with Gasteiger partial charge in [-0.15, -0.1) is 12.4 Å². The van der Waals surface area contributed by atoms with Gasteiger partial charge in [-0.2, -0.15) is 0 Å². The molecule has 1 amide bonds. The average molecular weight is 307 g/mol. The topological polar surface area (TPSA) is 45.5 Å². The Morgan fingerprint density at radius 1 is 1.19 bits per heavy atom. The van der Waals surface area contributed by atoms with E-state index in [1.54, 1.807) is 0 Å². The zero-order chi connectivity index (χ0) is 13.5. The van der Waals surface area contributed by atoms with E-state index in [1.165, 1.54) is 0 Å². The van der Waals surface area contributed by atoms with Gasteiger partial charge in [-0.05, 0) is 37.9 Å². The first-order valence-corrected chi connectivity index (χ1v) is 7.35. The number of rotatable bonds is 1. The molecule has 1 aromatic carbocycles. The zero-order valence-corrected chi connectivity index (χ0v) is 12.6. The molecular formula is C16H19ClN2O2. The van der Waals surface area contributed by atoms with Gasteiger partial charge < -0.3 is 14.6 Å². The van der Waals surface area contributed by atoms with E-state index in [9.17, 15) is 4.79 Å². The molecule has 21 heavy (non-hydrogen) atoms. The Balaban J connectivity index is 0.00000132. The third-order valence-corrected chi connectivity index (χ3v) is 4.53. The van der Waals surface area contributed by atoms with Crippen LogP contribution in [0.2, 0.25) is 0 Å². The largest absolute Gasteiger partial charge is 0.451 e. The average Bonchev–Trinajstić information content (AvgIpc) is 2.98. The number of carbonyl (C=O) groups is 1. The van der Waals surface area contributed by atoms with Gasteiger partial charge in [0.2, 0.25) is 0 Å². The second-order valence-electron chi connectivity index (χ2n) is 5.74. The number of halogens is 1. The number of para-hydroxylation sites is 1. The maximum Gasteiger partial charge on any atom is 0.290 e. The van der Waals surface area contributed by atoms with Crippen molar-refractivity contribution in [1.29, 1.82) is 0 Å². The maximum absolute atomic E-state index is 12.8. The third-order valence-electron chi connectivity index (χ3n) is 4.53. The van der Waals surface area contributed by atoms with Crippen LogP contribution in [0.3, 0.4) is 0 Å². The quantitative estimate of drug-likeness (QED) is 0.881. The summed E-state index contributed by atoms with van der Waals surface area (Å²) in [7, 11) is 0. The van der Waals surface area contributed by atoms with Gasteiger partial charge in [-0.1, -0.05) is 18.2 Å². The highest BCUT2D eigenvalue weighted by molar-refractivity contribution is 5.96. The Hall–Kier alpha value is -1.52. The minimum absolute atomic E-state index is 0. The number of furan rings is 1. The molecule has 1 N–H and O–H groups in total. The summed E-state index contributed by atoms with van der Waals surface area (Å²) in [4.78, 5) is 14.8. The van der Waals surface area contributed by atoms with Crippen molar-refractivity contribution in [2.45, 2.75) is 31.3 Å². The molecule has 112 valence electrons. The maximum atomic E-state index is 12.8. The Morgan fingerprint density at radius 3 is 2.86 bits per heavy atom. The van der Waals surface area contributed by atoms with Crippen molar-refractivity contribution >= 4 is 29.3 Å². The first-order valence-electron chi connectivity index (χ1n) is 7.35. The van der Waals surface area contributed by atoms with Crippen LogP contribution in [0, 0.1) is 0 Å². The molecule has 2 aliphatic rings. The highest BCUT2D eigenvalue weighted by atomic mass is 35.5. The van der Waals surface area contributed by atoms with Gasteiger partial charge in [0.25, 0.3) is 5.91 Å². The molecule has 4 nitrogen and oxygen atoms in total. The van der Waals surface area contributed by atoms with Crippen molar-refractivity contribution < 1.29 is 9.21 Å². The van der Waals surface area contributed by atoms with E-state index in [0.29, 0.717) is 17.8 Å². The van der Waals surface area contributed by atoms with E-state index in [-0.39, 0.29) is 18.3 Å². The summed E-state index contributed by atoms with van der Waals surface area (Å²) in [6.07, 6.45) is 3.27. The van der Waals surface area contributed by atoms with Crippen LogP contribution in [-0.4, -0.2) is 36.0 Å². The Morgan fingerprint density at radius 2 is 2.00 bits per heavy atom. The van der Waals surface area contributed by atoms with Crippen molar-refractivity contribution in [3.05, 3.63) is 36.1 Å². The second-order valence-corrected chi connectivity index (χ2v) is 5.74. The van der Waals surface area contributed by atoms with E-state index < -0.39 is 0 Å². The number of nitrogens with one attached hydrogen (secondary N) is 1. The Bertz CT molecular complexity index is 608. The minimum Gasteiger partial charge on any atom is -0.451 e. The summed E-state index contributed by atoms with van der Waals surface area (Å²) in [6.45, 7) is 1.91. The highest BCUT2D eigenvalue weighted by Gasteiger charge is 2.39. The van der Waals surface area contributed by atoms with Gasteiger partial charge in [0, 0.05) is 24.0 Å². The Kier molecular flexibility index (Phi) is 3.91. The molecular weight excluding hydrogens is 288 g/mol. The van der Waals surface area contributed by atoms with Gasteiger partial charge in [0.05, 0.1) is 0 Å². The molecule has 2 atom stereocenters. The predicted molar refractivity (Wildman–Crippen MR) is 83.9 cm³/mol. The Labute approximate surface area is 129 Å². The van der Waals surface area contributed by atoms with Crippen molar-refractivity contribution in [2.75, 3.05) is 13.1 Å².